The fourth-order valence-electron chi connectivity index (χ4n) is 2.71. The van der Waals surface area contributed by atoms with Crippen molar-refractivity contribution < 1.29 is 5.11 Å². The summed E-state index contributed by atoms with van der Waals surface area (Å²) < 4.78 is 1.90. The van der Waals surface area contributed by atoms with E-state index in [0.717, 1.165) is 38.8 Å². The minimum atomic E-state index is 0.244. The third-order valence-electron chi connectivity index (χ3n) is 4.09. The molecule has 7 heteroatoms. The highest BCUT2D eigenvalue weighted by Gasteiger charge is 2.11. The van der Waals surface area contributed by atoms with Gasteiger partial charge in [-0.1, -0.05) is 13.0 Å². The molecule has 0 fully saturated rings. The lowest BCUT2D eigenvalue weighted by Crippen LogP contribution is -2.14. The van der Waals surface area contributed by atoms with E-state index in [-0.39, 0.29) is 5.75 Å². The Bertz CT molecular complexity index is 1140. The number of hydrogen-bond acceptors (Lipinski definition) is 6. The summed E-state index contributed by atoms with van der Waals surface area (Å²) >= 11 is 3.22. The van der Waals surface area contributed by atoms with E-state index in [1.54, 1.807) is 47.2 Å². The van der Waals surface area contributed by atoms with E-state index in [4.69, 9.17) is 10.1 Å². The molecule has 0 saturated heterocycles. The molecule has 1 N–H and O–H groups in total. The maximum Gasteiger partial charge on any atom is 0.211 e. The highest BCUT2D eigenvalue weighted by Crippen LogP contribution is 2.26. The van der Waals surface area contributed by atoms with Crippen molar-refractivity contribution in [3.8, 4) is 16.3 Å². The summed E-state index contributed by atoms with van der Waals surface area (Å²) in [4.78, 5) is 10.8. The Morgan fingerprint density at radius 2 is 1.96 bits per heavy atom. The number of aromatic hydroxyl groups is 1. The summed E-state index contributed by atoms with van der Waals surface area (Å²) in [5.41, 5.74) is 3.69. The molecule has 4 rings (SSSR count). The number of benzene rings is 1. The molecule has 0 aliphatic heterocycles. The van der Waals surface area contributed by atoms with Gasteiger partial charge in [0, 0.05) is 11.6 Å². The van der Waals surface area contributed by atoms with Crippen LogP contribution in [0.2, 0.25) is 0 Å². The Hall–Kier alpha value is -3.03. The Labute approximate surface area is 170 Å². The van der Waals surface area contributed by atoms with E-state index >= 15 is 0 Å². The second-order valence-electron chi connectivity index (χ2n) is 5.96. The van der Waals surface area contributed by atoms with E-state index in [9.17, 15) is 5.11 Å². The Morgan fingerprint density at radius 1 is 1.11 bits per heavy atom. The molecule has 140 valence electrons. The van der Waals surface area contributed by atoms with Gasteiger partial charge in [-0.3, -0.25) is 4.98 Å². The zero-order valence-corrected chi connectivity index (χ0v) is 16.8. The monoisotopic (exact) mass is 406 g/mol. The summed E-state index contributed by atoms with van der Waals surface area (Å²) in [6, 6.07) is 15.0. The van der Waals surface area contributed by atoms with Gasteiger partial charge in [0.1, 0.15) is 5.75 Å². The average Bonchev–Trinajstić information content (AvgIpc) is 3.38. The van der Waals surface area contributed by atoms with Crippen LogP contribution in [0.15, 0.2) is 81.8 Å². The number of phenolic OH excluding ortho intramolecular Hbond substituents is 1. The molecule has 3 heterocycles. The first-order valence-corrected chi connectivity index (χ1v) is 10.6. The lowest BCUT2D eigenvalue weighted by Gasteiger charge is -2.07. The number of thiophene rings is 1. The van der Waals surface area contributed by atoms with E-state index in [1.807, 2.05) is 35.0 Å². The zero-order chi connectivity index (χ0) is 19.3. The molecule has 4 aromatic rings. The lowest BCUT2D eigenvalue weighted by atomic mass is 10.1. The van der Waals surface area contributed by atoms with Gasteiger partial charge in [0.2, 0.25) is 4.80 Å². The maximum absolute atomic E-state index is 9.58. The minimum Gasteiger partial charge on any atom is -0.508 e. The van der Waals surface area contributed by atoms with Crippen molar-refractivity contribution in [3.05, 3.63) is 82.0 Å². The van der Waals surface area contributed by atoms with Crippen LogP contribution in [0.1, 0.15) is 18.9 Å². The van der Waals surface area contributed by atoms with Crippen LogP contribution in [0.3, 0.4) is 0 Å². The van der Waals surface area contributed by atoms with Crippen molar-refractivity contribution in [3.63, 3.8) is 0 Å². The number of phenols is 1. The molecule has 5 nitrogen and oxygen atoms in total. The zero-order valence-electron chi connectivity index (χ0n) is 15.2. The van der Waals surface area contributed by atoms with E-state index < -0.39 is 0 Å². The second kappa shape index (κ2) is 8.33. The molecule has 0 bridgehead atoms. The summed E-state index contributed by atoms with van der Waals surface area (Å²) in [6.45, 7) is 2.07. The van der Waals surface area contributed by atoms with Crippen LogP contribution in [0.4, 0.5) is 5.69 Å². The van der Waals surface area contributed by atoms with Crippen LogP contribution >= 0.6 is 22.7 Å². The van der Waals surface area contributed by atoms with Crippen LogP contribution in [-0.2, 0) is 0 Å². The van der Waals surface area contributed by atoms with Gasteiger partial charge in [-0.15, -0.1) is 22.7 Å². The van der Waals surface area contributed by atoms with Gasteiger partial charge < -0.3 is 5.11 Å². The highest BCUT2D eigenvalue weighted by molar-refractivity contribution is 7.14. The van der Waals surface area contributed by atoms with E-state index in [0.29, 0.717) is 0 Å². The molecule has 0 aliphatic rings. The van der Waals surface area contributed by atoms with Gasteiger partial charge in [0.25, 0.3) is 0 Å². The van der Waals surface area contributed by atoms with E-state index in [1.165, 1.54) is 0 Å². The Kier molecular flexibility index (Phi) is 5.45. The Balaban J connectivity index is 1.89. The predicted molar refractivity (Wildman–Crippen MR) is 115 cm³/mol. The fraction of sp³-hybridized carbons (Fsp3) is 0.0952. The first-order valence-electron chi connectivity index (χ1n) is 8.81. The van der Waals surface area contributed by atoms with Gasteiger partial charge in [0.15, 0.2) is 0 Å². The largest absolute Gasteiger partial charge is 0.508 e. The lowest BCUT2D eigenvalue weighted by molar-refractivity contribution is 0.475. The van der Waals surface area contributed by atoms with Gasteiger partial charge in [0.05, 0.1) is 28.2 Å². The van der Waals surface area contributed by atoms with Gasteiger partial charge in [-0.05, 0) is 59.8 Å². The molecule has 3 aromatic heterocycles. The summed E-state index contributed by atoms with van der Waals surface area (Å²) in [6.07, 6.45) is 4.22. The molecule has 1 aromatic carbocycles. The highest BCUT2D eigenvalue weighted by atomic mass is 32.1. The van der Waals surface area contributed by atoms with Crippen molar-refractivity contribution in [2.24, 2.45) is 10.1 Å². The van der Waals surface area contributed by atoms with Crippen LogP contribution in [0.25, 0.3) is 10.6 Å². The molecular formula is C21H18N4OS2. The number of aromatic nitrogens is 2. The summed E-state index contributed by atoms with van der Waals surface area (Å²) in [7, 11) is 0. The smallest absolute Gasteiger partial charge is 0.211 e. The van der Waals surface area contributed by atoms with Crippen LogP contribution in [-0.4, -0.2) is 20.5 Å². The van der Waals surface area contributed by atoms with Crippen LogP contribution in [0.5, 0.6) is 5.75 Å². The number of pyridine rings is 1. The molecule has 0 amide bonds. The van der Waals surface area contributed by atoms with E-state index in [2.05, 4.69) is 28.7 Å². The first kappa shape index (κ1) is 18.3. The van der Waals surface area contributed by atoms with Gasteiger partial charge in [-0.25, -0.2) is 9.67 Å². The van der Waals surface area contributed by atoms with Crippen LogP contribution < -0.4 is 4.80 Å². The quantitative estimate of drug-likeness (QED) is 0.459. The van der Waals surface area contributed by atoms with Gasteiger partial charge >= 0.3 is 0 Å². The first-order chi connectivity index (χ1) is 13.7. The Morgan fingerprint density at radius 3 is 2.64 bits per heavy atom. The van der Waals surface area contributed by atoms with Gasteiger partial charge in [-0.2, -0.15) is 5.10 Å². The number of hydrogen-bond donors (Lipinski definition) is 1. The standard InChI is InChI=1S/C21H18N4OS2/c1-2-18(15-7-9-17(26)10-8-15)24-25-19(20-6-4-12-27-20)14-28-21(25)23-16-5-3-11-22-13-16/h3-14,26H,2H2,1H3. The number of thiazole rings is 1. The summed E-state index contributed by atoms with van der Waals surface area (Å²) in [5.74, 6) is 0.244. The molecule has 0 unspecified atom stereocenters. The average molecular weight is 407 g/mol. The molecule has 0 spiro atoms. The number of rotatable bonds is 5. The molecule has 28 heavy (non-hydrogen) atoms. The maximum atomic E-state index is 9.58. The topological polar surface area (TPSA) is 62.8 Å². The van der Waals surface area contributed by atoms with Crippen molar-refractivity contribution in [2.75, 3.05) is 0 Å². The molecule has 0 saturated carbocycles. The predicted octanol–water partition coefficient (Wildman–Crippen LogP) is 5.27. The SMILES string of the molecule is CCC(=Nn1c(-c2cccs2)csc1=Nc1cccnc1)c1ccc(O)cc1. The second-order valence-corrected chi connectivity index (χ2v) is 7.75. The third-order valence-corrected chi connectivity index (χ3v) is 5.79. The molecular weight excluding hydrogens is 388 g/mol. The fourth-order valence-corrected chi connectivity index (χ4v) is 4.35. The van der Waals surface area contributed by atoms with Crippen molar-refractivity contribution in [2.45, 2.75) is 13.3 Å². The van der Waals surface area contributed by atoms with Crippen molar-refractivity contribution in [1.82, 2.24) is 9.66 Å². The summed E-state index contributed by atoms with van der Waals surface area (Å²) in [5, 5.41) is 18.7. The molecule has 0 radical (unpaired) electrons. The van der Waals surface area contributed by atoms with Crippen molar-refractivity contribution >= 4 is 34.1 Å². The number of nitrogens with zero attached hydrogens (tertiary/aromatic N) is 4. The normalized spacial score (nSPS) is 12.5. The third kappa shape index (κ3) is 3.95. The minimum absolute atomic E-state index is 0.244. The molecule has 0 aliphatic carbocycles. The molecule has 0 atom stereocenters. The van der Waals surface area contributed by atoms with Crippen molar-refractivity contribution in [1.29, 1.82) is 0 Å². The van der Waals surface area contributed by atoms with Crippen LogP contribution in [0, 0.1) is 0 Å².